The minimum Gasteiger partial charge on any atom is -0.292 e. The molecule has 1 heterocycles. The number of rotatable bonds is 6. The van der Waals surface area contributed by atoms with Crippen molar-refractivity contribution in [2.24, 2.45) is 35.5 Å². The van der Waals surface area contributed by atoms with Gasteiger partial charge in [0.2, 0.25) is 0 Å². The number of carbonyl (C=O) groups is 4. The molecule has 5 aliphatic rings. The molecule has 1 aliphatic heterocycles. The second kappa shape index (κ2) is 8.49. The molecule has 0 unspecified atom stereocenters. The number of non-ortho nitro benzene ring substituents is 1. The van der Waals surface area contributed by atoms with Crippen molar-refractivity contribution in [3.05, 3.63) is 85.9 Å². The number of hydrazine groups is 1. The van der Waals surface area contributed by atoms with Gasteiger partial charge in [-0.1, -0.05) is 47.5 Å². The fourth-order valence-corrected chi connectivity index (χ4v) is 6.72. The first kappa shape index (κ1) is 23.8. The van der Waals surface area contributed by atoms with Crippen molar-refractivity contribution < 1.29 is 24.1 Å². The van der Waals surface area contributed by atoms with Crippen LogP contribution in [0.1, 0.15) is 27.1 Å². The number of nitro benzene ring substituents is 1. The summed E-state index contributed by atoms with van der Waals surface area (Å²) in [7, 11) is 0. The van der Waals surface area contributed by atoms with Gasteiger partial charge in [0, 0.05) is 22.7 Å². The van der Waals surface area contributed by atoms with Gasteiger partial charge in [0.05, 0.1) is 27.3 Å². The molecular weight excluding hydrogens is 521 g/mol. The smallest absolute Gasteiger partial charge is 0.274 e. The average Bonchev–Trinajstić information content (AvgIpc) is 3.66. The Labute approximate surface area is 220 Å². The molecular formula is C26H19Cl2N3O6. The molecule has 2 aromatic carbocycles. The van der Waals surface area contributed by atoms with Crippen molar-refractivity contribution in [1.82, 2.24) is 10.0 Å². The van der Waals surface area contributed by atoms with E-state index in [4.69, 9.17) is 23.2 Å². The van der Waals surface area contributed by atoms with Gasteiger partial charge >= 0.3 is 0 Å². The predicted octanol–water partition coefficient (Wildman–Crippen LogP) is 4.19. The van der Waals surface area contributed by atoms with E-state index in [0.717, 1.165) is 22.5 Å². The van der Waals surface area contributed by atoms with Crippen molar-refractivity contribution >= 4 is 52.4 Å². The SMILES string of the molecule is O=C(CN(C(=O)c1ccc(Cl)cc1Cl)N1C(=O)[C@@H]2[C@@H]3C=C[C@H]([C@@H]4C[C@H]34)[C@@H]2C1=O)c1cccc([N+](=O)[O-])c1. The van der Waals surface area contributed by atoms with Gasteiger partial charge < -0.3 is 0 Å². The quantitative estimate of drug-likeness (QED) is 0.178. The second-order valence-electron chi connectivity index (χ2n) is 9.86. The molecule has 3 fully saturated rings. The third-order valence-electron chi connectivity index (χ3n) is 7.95. The minimum atomic E-state index is -0.828. The van der Waals surface area contributed by atoms with Gasteiger partial charge in [-0.15, -0.1) is 0 Å². The molecule has 0 spiro atoms. The van der Waals surface area contributed by atoms with Crippen LogP contribution in [0.3, 0.4) is 0 Å². The maximum Gasteiger partial charge on any atom is 0.274 e. The lowest BCUT2D eigenvalue weighted by Crippen LogP contribution is -2.52. The summed E-state index contributed by atoms with van der Waals surface area (Å²) in [5.74, 6) is -3.17. The lowest BCUT2D eigenvalue weighted by molar-refractivity contribution is -0.384. The molecule has 11 heteroatoms. The molecule has 1 saturated heterocycles. The van der Waals surface area contributed by atoms with E-state index in [2.05, 4.69) is 0 Å². The van der Waals surface area contributed by atoms with Gasteiger partial charge in [-0.3, -0.25) is 29.3 Å². The van der Waals surface area contributed by atoms with Gasteiger partial charge in [0.1, 0.15) is 6.54 Å². The van der Waals surface area contributed by atoms with Crippen LogP contribution in [0.5, 0.6) is 0 Å². The number of imide groups is 1. The molecule has 3 amide bonds. The molecule has 37 heavy (non-hydrogen) atoms. The highest BCUT2D eigenvalue weighted by Crippen LogP contribution is 2.65. The van der Waals surface area contributed by atoms with E-state index in [1.165, 1.54) is 36.4 Å². The number of hydrogen-bond donors (Lipinski definition) is 0. The fraction of sp³-hybridized carbons (Fsp3) is 0.308. The number of nitro groups is 1. The highest BCUT2D eigenvalue weighted by molar-refractivity contribution is 6.36. The normalized spacial score (nSPS) is 28.6. The van der Waals surface area contributed by atoms with Crippen LogP contribution in [-0.4, -0.2) is 45.0 Å². The molecule has 2 bridgehead atoms. The van der Waals surface area contributed by atoms with Crippen LogP contribution in [0.15, 0.2) is 54.6 Å². The average molecular weight is 540 g/mol. The molecule has 4 aliphatic carbocycles. The maximum absolute atomic E-state index is 13.7. The summed E-state index contributed by atoms with van der Waals surface area (Å²) < 4.78 is 0. The highest BCUT2D eigenvalue weighted by Gasteiger charge is 2.68. The lowest BCUT2D eigenvalue weighted by atomic mass is 9.63. The maximum atomic E-state index is 13.7. The Bertz CT molecular complexity index is 1410. The van der Waals surface area contributed by atoms with Gasteiger partial charge in [-0.05, 0) is 48.3 Å². The third kappa shape index (κ3) is 3.67. The number of allylic oxidation sites excluding steroid dienone is 2. The van der Waals surface area contributed by atoms with E-state index in [1.54, 1.807) is 0 Å². The first-order chi connectivity index (χ1) is 17.7. The first-order valence-corrected chi connectivity index (χ1v) is 12.5. The number of amides is 3. The van der Waals surface area contributed by atoms with E-state index in [9.17, 15) is 29.3 Å². The molecule has 7 rings (SSSR count). The summed E-state index contributed by atoms with van der Waals surface area (Å²) in [5.41, 5.74) is -0.378. The van der Waals surface area contributed by atoms with Crippen LogP contribution in [0, 0.1) is 45.6 Å². The minimum absolute atomic E-state index is 0.00945. The summed E-state index contributed by atoms with van der Waals surface area (Å²) in [5, 5.41) is 13.1. The van der Waals surface area contributed by atoms with Gasteiger partial charge in [0.15, 0.2) is 5.78 Å². The number of benzene rings is 2. The number of halogens is 2. The molecule has 0 N–H and O–H groups in total. The Hall–Kier alpha value is -3.56. The van der Waals surface area contributed by atoms with Crippen LogP contribution in [-0.2, 0) is 9.59 Å². The zero-order chi connectivity index (χ0) is 26.2. The molecule has 0 aromatic heterocycles. The summed E-state index contributed by atoms with van der Waals surface area (Å²) in [6.45, 7) is -0.689. The molecule has 9 nitrogen and oxygen atoms in total. The largest absolute Gasteiger partial charge is 0.292 e. The molecule has 6 atom stereocenters. The number of Topliss-reactive ketones (excluding diaryl/α,β-unsaturated/α-hetero) is 1. The number of carbonyl (C=O) groups excluding carboxylic acids is 4. The Morgan fingerprint density at radius 2 is 1.65 bits per heavy atom. The van der Waals surface area contributed by atoms with Crippen LogP contribution in [0.2, 0.25) is 10.0 Å². The van der Waals surface area contributed by atoms with Crippen molar-refractivity contribution in [3.8, 4) is 0 Å². The van der Waals surface area contributed by atoms with Crippen molar-refractivity contribution in [2.75, 3.05) is 6.54 Å². The molecule has 188 valence electrons. The summed E-state index contributed by atoms with van der Waals surface area (Å²) in [6.07, 6.45) is 4.99. The van der Waals surface area contributed by atoms with Crippen molar-refractivity contribution in [3.63, 3.8) is 0 Å². The highest BCUT2D eigenvalue weighted by atomic mass is 35.5. The van der Waals surface area contributed by atoms with Gasteiger partial charge in [-0.2, -0.15) is 5.01 Å². The van der Waals surface area contributed by atoms with E-state index < -0.39 is 46.8 Å². The Kier molecular flexibility index (Phi) is 5.47. The van der Waals surface area contributed by atoms with Crippen LogP contribution in [0.25, 0.3) is 0 Å². The van der Waals surface area contributed by atoms with E-state index >= 15 is 0 Å². The molecule has 0 radical (unpaired) electrons. The van der Waals surface area contributed by atoms with Crippen LogP contribution >= 0.6 is 23.2 Å². The monoisotopic (exact) mass is 539 g/mol. The van der Waals surface area contributed by atoms with Crippen molar-refractivity contribution in [1.29, 1.82) is 0 Å². The number of nitrogens with zero attached hydrogens (tertiary/aromatic N) is 3. The number of hydrogen-bond acceptors (Lipinski definition) is 6. The Morgan fingerprint density at radius 1 is 1.00 bits per heavy atom. The Balaban J connectivity index is 1.38. The third-order valence-corrected chi connectivity index (χ3v) is 8.50. The first-order valence-electron chi connectivity index (χ1n) is 11.8. The van der Waals surface area contributed by atoms with E-state index in [0.29, 0.717) is 11.8 Å². The zero-order valence-corrected chi connectivity index (χ0v) is 20.6. The standard InChI is InChI=1S/C26H19Cl2N3O6/c27-13-4-5-17(20(28)9-13)24(33)29(11-21(32)12-2-1-3-14(8-12)31(36)37)30-25(34)22-15-6-7-16(19-10-18(15)19)23(22)26(30)35/h1-9,15-16,18-19,22-23H,10-11H2/t15-,16-,18-,19+,22-,23+/m1/s1. The molecule has 2 aromatic rings. The lowest BCUT2D eigenvalue weighted by Gasteiger charge is -2.37. The fourth-order valence-electron chi connectivity index (χ4n) is 6.23. The number of ketones is 1. The summed E-state index contributed by atoms with van der Waals surface area (Å²) >= 11 is 12.2. The van der Waals surface area contributed by atoms with E-state index in [-0.39, 0.29) is 38.7 Å². The van der Waals surface area contributed by atoms with Crippen LogP contribution in [0.4, 0.5) is 5.69 Å². The predicted molar refractivity (Wildman–Crippen MR) is 131 cm³/mol. The van der Waals surface area contributed by atoms with Crippen LogP contribution < -0.4 is 0 Å². The Morgan fingerprint density at radius 3 is 2.24 bits per heavy atom. The summed E-state index contributed by atoms with van der Waals surface area (Å²) in [4.78, 5) is 65.0. The summed E-state index contributed by atoms with van der Waals surface area (Å²) in [6, 6.07) is 9.19. The van der Waals surface area contributed by atoms with Crippen molar-refractivity contribution in [2.45, 2.75) is 6.42 Å². The second-order valence-corrected chi connectivity index (χ2v) is 10.7. The zero-order valence-electron chi connectivity index (χ0n) is 19.1. The molecule has 2 saturated carbocycles. The topological polar surface area (TPSA) is 118 Å². The van der Waals surface area contributed by atoms with Gasteiger partial charge in [-0.25, -0.2) is 5.01 Å². The van der Waals surface area contributed by atoms with E-state index in [1.807, 2.05) is 12.2 Å². The van der Waals surface area contributed by atoms with Gasteiger partial charge in [0.25, 0.3) is 23.4 Å².